The number of benzene rings is 1. The summed E-state index contributed by atoms with van der Waals surface area (Å²) >= 11 is 0. The van der Waals surface area contributed by atoms with Crippen molar-refractivity contribution in [3.05, 3.63) is 36.1 Å². The van der Waals surface area contributed by atoms with Crippen LogP contribution in [0.3, 0.4) is 0 Å². The first-order valence-electron chi connectivity index (χ1n) is 4.92. The highest BCUT2D eigenvalue weighted by Gasteiger charge is 2.17. The van der Waals surface area contributed by atoms with Crippen molar-refractivity contribution >= 4 is 16.8 Å². The van der Waals surface area contributed by atoms with E-state index < -0.39 is 0 Å². The van der Waals surface area contributed by atoms with E-state index in [9.17, 15) is 4.79 Å². The lowest BCUT2D eigenvalue weighted by Crippen LogP contribution is -2.30. The number of para-hydroxylation sites is 1. The third-order valence-corrected chi connectivity index (χ3v) is 2.49. The van der Waals surface area contributed by atoms with Crippen molar-refractivity contribution in [2.24, 2.45) is 0 Å². The number of fused-ring (bicyclic) bond motifs is 1. The van der Waals surface area contributed by atoms with E-state index in [1.54, 1.807) is 13.1 Å². The minimum atomic E-state index is -0.217. The van der Waals surface area contributed by atoms with Gasteiger partial charge in [-0.15, -0.1) is 0 Å². The van der Waals surface area contributed by atoms with Gasteiger partial charge >= 0.3 is 0 Å². The van der Waals surface area contributed by atoms with Gasteiger partial charge in [-0.2, -0.15) is 0 Å². The molecule has 1 aromatic carbocycles. The SMILES string of the molecule is CNC(C)C(=O)c1cc2ccccc2o1. The highest BCUT2D eigenvalue weighted by atomic mass is 16.3. The fraction of sp³-hybridized carbons (Fsp3) is 0.250. The summed E-state index contributed by atoms with van der Waals surface area (Å²) in [4.78, 5) is 11.8. The van der Waals surface area contributed by atoms with Crippen molar-refractivity contribution in [2.75, 3.05) is 7.05 Å². The highest BCUT2D eigenvalue weighted by molar-refractivity contribution is 6.00. The lowest BCUT2D eigenvalue weighted by Gasteiger charge is -2.04. The van der Waals surface area contributed by atoms with Crippen molar-refractivity contribution in [3.8, 4) is 0 Å². The lowest BCUT2D eigenvalue weighted by molar-refractivity contribution is 0.0929. The van der Waals surface area contributed by atoms with Gasteiger partial charge in [0, 0.05) is 5.39 Å². The van der Waals surface area contributed by atoms with Crippen LogP contribution in [0.2, 0.25) is 0 Å². The molecule has 1 aromatic heterocycles. The molecule has 0 aliphatic heterocycles. The topological polar surface area (TPSA) is 42.2 Å². The number of Topliss-reactive ketones (excluding diaryl/α,β-unsaturated/α-hetero) is 1. The molecule has 1 atom stereocenters. The molecule has 0 amide bonds. The van der Waals surface area contributed by atoms with Gasteiger partial charge in [0.2, 0.25) is 5.78 Å². The molecule has 3 nitrogen and oxygen atoms in total. The van der Waals surface area contributed by atoms with Crippen LogP contribution in [-0.4, -0.2) is 18.9 Å². The van der Waals surface area contributed by atoms with Gasteiger partial charge in [0.15, 0.2) is 5.76 Å². The number of hydrogen-bond donors (Lipinski definition) is 1. The van der Waals surface area contributed by atoms with Gasteiger partial charge in [0.25, 0.3) is 0 Å². The Balaban J connectivity index is 2.41. The number of rotatable bonds is 3. The minimum Gasteiger partial charge on any atom is -0.453 e. The number of carbonyl (C=O) groups is 1. The molecule has 0 saturated carbocycles. The smallest absolute Gasteiger partial charge is 0.214 e. The second-order valence-corrected chi connectivity index (χ2v) is 3.52. The molecule has 0 bridgehead atoms. The molecule has 3 heteroatoms. The average molecular weight is 203 g/mol. The van der Waals surface area contributed by atoms with Crippen molar-refractivity contribution in [1.29, 1.82) is 0 Å². The summed E-state index contributed by atoms with van der Waals surface area (Å²) in [6, 6.07) is 9.17. The first-order valence-corrected chi connectivity index (χ1v) is 4.92. The zero-order valence-corrected chi connectivity index (χ0v) is 8.78. The molecule has 0 saturated heterocycles. The van der Waals surface area contributed by atoms with Gasteiger partial charge in [0.05, 0.1) is 6.04 Å². The summed E-state index contributed by atoms with van der Waals surface area (Å²) in [6.45, 7) is 1.82. The molecule has 1 heterocycles. The Morgan fingerprint density at radius 1 is 1.40 bits per heavy atom. The maximum absolute atomic E-state index is 11.8. The molecular formula is C12H13NO2. The summed E-state index contributed by atoms with van der Waals surface area (Å²) in [6.07, 6.45) is 0. The molecule has 1 N–H and O–H groups in total. The Morgan fingerprint density at radius 3 is 2.80 bits per heavy atom. The fourth-order valence-electron chi connectivity index (χ4n) is 1.45. The van der Waals surface area contributed by atoms with Crippen molar-refractivity contribution in [3.63, 3.8) is 0 Å². The summed E-state index contributed by atoms with van der Waals surface area (Å²) in [7, 11) is 1.76. The summed E-state index contributed by atoms with van der Waals surface area (Å²) in [5, 5.41) is 3.86. The van der Waals surface area contributed by atoms with Crippen LogP contribution < -0.4 is 5.32 Å². The third kappa shape index (κ3) is 1.78. The Hall–Kier alpha value is -1.61. The predicted octanol–water partition coefficient (Wildman–Crippen LogP) is 2.22. The molecule has 0 aliphatic rings. The monoisotopic (exact) mass is 203 g/mol. The number of nitrogens with one attached hydrogen (secondary N) is 1. The van der Waals surface area contributed by atoms with E-state index in [1.807, 2.05) is 31.2 Å². The van der Waals surface area contributed by atoms with E-state index in [2.05, 4.69) is 5.32 Å². The number of hydrogen-bond acceptors (Lipinski definition) is 3. The number of ketones is 1. The van der Waals surface area contributed by atoms with Crippen LogP contribution in [0.5, 0.6) is 0 Å². The van der Waals surface area contributed by atoms with E-state index in [1.165, 1.54) is 0 Å². The first kappa shape index (κ1) is 9.93. The molecule has 1 unspecified atom stereocenters. The summed E-state index contributed by atoms with van der Waals surface area (Å²) in [5.41, 5.74) is 0.754. The largest absolute Gasteiger partial charge is 0.453 e. The molecule has 15 heavy (non-hydrogen) atoms. The van der Waals surface area contributed by atoms with Crippen molar-refractivity contribution in [1.82, 2.24) is 5.32 Å². The second kappa shape index (κ2) is 3.87. The van der Waals surface area contributed by atoms with Crippen LogP contribution >= 0.6 is 0 Å². The van der Waals surface area contributed by atoms with Gasteiger partial charge < -0.3 is 9.73 Å². The quantitative estimate of drug-likeness (QED) is 0.778. The van der Waals surface area contributed by atoms with Crippen LogP contribution in [0.1, 0.15) is 17.5 Å². The first-order chi connectivity index (χ1) is 7.22. The average Bonchev–Trinajstić information content (AvgIpc) is 2.70. The molecule has 0 aliphatic carbocycles. The maximum atomic E-state index is 11.8. The molecule has 0 spiro atoms. The van der Waals surface area contributed by atoms with Crippen LogP contribution in [0.15, 0.2) is 34.7 Å². The molecule has 0 fully saturated rings. The van der Waals surface area contributed by atoms with Gasteiger partial charge in [0.1, 0.15) is 5.58 Å². The van der Waals surface area contributed by atoms with Crippen LogP contribution in [0, 0.1) is 0 Å². The number of likely N-dealkylation sites (N-methyl/N-ethyl adjacent to an activating group) is 1. The summed E-state index contributed by atoms with van der Waals surface area (Å²) in [5.74, 6) is 0.395. The maximum Gasteiger partial charge on any atom is 0.214 e. The normalized spacial score (nSPS) is 12.9. The molecule has 2 rings (SSSR count). The van der Waals surface area contributed by atoms with Crippen LogP contribution in [0.25, 0.3) is 11.0 Å². The van der Waals surface area contributed by atoms with Gasteiger partial charge in [-0.1, -0.05) is 18.2 Å². The number of carbonyl (C=O) groups excluding carboxylic acids is 1. The molecular weight excluding hydrogens is 190 g/mol. The summed E-state index contributed by atoms with van der Waals surface area (Å²) < 4.78 is 5.46. The second-order valence-electron chi connectivity index (χ2n) is 3.52. The van der Waals surface area contributed by atoms with Crippen LogP contribution in [-0.2, 0) is 0 Å². The fourth-order valence-corrected chi connectivity index (χ4v) is 1.45. The zero-order chi connectivity index (χ0) is 10.8. The van der Waals surface area contributed by atoms with Crippen molar-refractivity contribution < 1.29 is 9.21 Å². The standard InChI is InChI=1S/C12H13NO2/c1-8(13-2)12(14)11-7-9-5-3-4-6-10(9)15-11/h3-8,13H,1-2H3. The highest BCUT2D eigenvalue weighted by Crippen LogP contribution is 2.19. The predicted molar refractivity (Wildman–Crippen MR) is 59.1 cm³/mol. The third-order valence-electron chi connectivity index (χ3n) is 2.49. The zero-order valence-electron chi connectivity index (χ0n) is 8.78. The Kier molecular flexibility index (Phi) is 2.56. The van der Waals surface area contributed by atoms with Gasteiger partial charge in [-0.25, -0.2) is 0 Å². The Labute approximate surface area is 88.1 Å². The van der Waals surface area contributed by atoms with Gasteiger partial charge in [-0.05, 0) is 26.1 Å². The Bertz CT molecular complexity index is 454. The molecule has 2 aromatic rings. The minimum absolute atomic E-state index is 0.0197. The van der Waals surface area contributed by atoms with E-state index in [4.69, 9.17) is 4.42 Å². The molecule has 78 valence electrons. The van der Waals surface area contributed by atoms with E-state index in [-0.39, 0.29) is 11.8 Å². The van der Waals surface area contributed by atoms with E-state index >= 15 is 0 Å². The number of furan rings is 1. The van der Waals surface area contributed by atoms with E-state index in [0.29, 0.717) is 5.76 Å². The Morgan fingerprint density at radius 2 is 2.13 bits per heavy atom. The lowest BCUT2D eigenvalue weighted by atomic mass is 10.1. The van der Waals surface area contributed by atoms with Gasteiger partial charge in [-0.3, -0.25) is 4.79 Å². The van der Waals surface area contributed by atoms with E-state index in [0.717, 1.165) is 11.0 Å². The van der Waals surface area contributed by atoms with Crippen LogP contribution in [0.4, 0.5) is 0 Å². The van der Waals surface area contributed by atoms with Crippen molar-refractivity contribution in [2.45, 2.75) is 13.0 Å². The molecule has 0 radical (unpaired) electrons.